The fourth-order valence-electron chi connectivity index (χ4n) is 2.11. The molecule has 0 spiro atoms. The molecule has 3 nitrogen and oxygen atoms in total. The van der Waals surface area contributed by atoms with Crippen molar-refractivity contribution in [3.8, 4) is 0 Å². The molecule has 2 rings (SSSR count). The second-order valence-electron chi connectivity index (χ2n) is 3.77. The molecule has 0 saturated carbocycles. The van der Waals surface area contributed by atoms with Crippen LogP contribution in [0.2, 0.25) is 0 Å². The minimum absolute atomic E-state index is 0.00144. The molecule has 0 aromatic carbocycles. The SMILES string of the molecule is CN1C(=O)CC(C2C=CCC2)C1=O. The van der Waals surface area contributed by atoms with Crippen molar-refractivity contribution < 1.29 is 9.59 Å². The number of likely N-dealkylation sites (tertiary alicyclic amines) is 1. The molecule has 2 unspecified atom stereocenters. The number of amides is 2. The van der Waals surface area contributed by atoms with Crippen molar-refractivity contribution in [3.05, 3.63) is 12.2 Å². The first-order valence-corrected chi connectivity index (χ1v) is 4.67. The molecule has 2 amide bonds. The van der Waals surface area contributed by atoms with Crippen molar-refractivity contribution in [3.63, 3.8) is 0 Å². The third kappa shape index (κ3) is 1.28. The molecular formula is C10H13NO2. The number of allylic oxidation sites excluding steroid dienone is 2. The number of nitrogens with zero attached hydrogens (tertiary/aromatic N) is 1. The molecule has 0 aromatic heterocycles. The van der Waals surface area contributed by atoms with Crippen LogP contribution in [-0.4, -0.2) is 23.8 Å². The van der Waals surface area contributed by atoms with Crippen molar-refractivity contribution in [1.82, 2.24) is 4.90 Å². The predicted molar refractivity (Wildman–Crippen MR) is 47.7 cm³/mol. The van der Waals surface area contributed by atoms with Gasteiger partial charge in [-0.2, -0.15) is 0 Å². The van der Waals surface area contributed by atoms with E-state index in [1.165, 1.54) is 4.90 Å². The monoisotopic (exact) mass is 179 g/mol. The van der Waals surface area contributed by atoms with E-state index in [1.54, 1.807) is 7.05 Å². The zero-order chi connectivity index (χ0) is 9.42. The molecule has 3 heteroatoms. The molecule has 70 valence electrons. The Kier molecular flexibility index (Phi) is 1.94. The highest BCUT2D eigenvalue weighted by atomic mass is 16.2. The summed E-state index contributed by atoms with van der Waals surface area (Å²) in [6.07, 6.45) is 6.66. The third-order valence-electron chi connectivity index (χ3n) is 2.98. The average molecular weight is 179 g/mol. The second kappa shape index (κ2) is 2.98. The highest BCUT2D eigenvalue weighted by Crippen LogP contribution is 2.32. The Balaban J connectivity index is 2.13. The first-order valence-electron chi connectivity index (χ1n) is 4.67. The Bertz CT molecular complexity index is 283. The summed E-state index contributed by atoms with van der Waals surface area (Å²) in [7, 11) is 1.57. The zero-order valence-electron chi connectivity index (χ0n) is 7.69. The molecule has 1 aliphatic carbocycles. The van der Waals surface area contributed by atoms with Gasteiger partial charge in [0.15, 0.2) is 0 Å². The standard InChI is InChI=1S/C10H13NO2/c1-11-9(12)6-8(10(11)13)7-4-2-3-5-7/h2,4,7-8H,3,5-6H2,1H3. The maximum atomic E-state index is 11.6. The van der Waals surface area contributed by atoms with Gasteiger partial charge in [0.1, 0.15) is 0 Å². The lowest BCUT2D eigenvalue weighted by atomic mass is 9.90. The minimum Gasteiger partial charge on any atom is -0.285 e. The molecule has 13 heavy (non-hydrogen) atoms. The van der Waals surface area contributed by atoms with Crippen LogP contribution < -0.4 is 0 Å². The van der Waals surface area contributed by atoms with Crippen LogP contribution >= 0.6 is 0 Å². The van der Waals surface area contributed by atoms with Gasteiger partial charge >= 0.3 is 0 Å². The fourth-order valence-corrected chi connectivity index (χ4v) is 2.11. The van der Waals surface area contributed by atoms with Crippen LogP contribution in [0.1, 0.15) is 19.3 Å². The van der Waals surface area contributed by atoms with Crippen molar-refractivity contribution in [2.24, 2.45) is 11.8 Å². The van der Waals surface area contributed by atoms with Gasteiger partial charge in [-0.05, 0) is 18.8 Å². The molecular weight excluding hydrogens is 166 g/mol. The maximum Gasteiger partial charge on any atom is 0.233 e. The van der Waals surface area contributed by atoms with Crippen LogP contribution in [0.4, 0.5) is 0 Å². The third-order valence-corrected chi connectivity index (χ3v) is 2.98. The highest BCUT2D eigenvalue weighted by molar-refractivity contribution is 6.03. The lowest BCUT2D eigenvalue weighted by Gasteiger charge is -2.13. The summed E-state index contributed by atoms with van der Waals surface area (Å²) in [5, 5.41) is 0. The Labute approximate surface area is 77.4 Å². The van der Waals surface area contributed by atoms with E-state index in [-0.39, 0.29) is 17.7 Å². The van der Waals surface area contributed by atoms with E-state index in [4.69, 9.17) is 0 Å². The quantitative estimate of drug-likeness (QED) is 0.444. The molecule has 1 aliphatic heterocycles. The molecule has 2 atom stereocenters. The molecule has 0 bridgehead atoms. The average Bonchev–Trinajstić information content (AvgIpc) is 2.70. The molecule has 1 saturated heterocycles. The van der Waals surface area contributed by atoms with Crippen molar-refractivity contribution in [2.75, 3.05) is 7.05 Å². The van der Waals surface area contributed by atoms with E-state index in [9.17, 15) is 9.59 Å². The van der Waals surface area contributed by atoms with Crippen LogP contribution in [-0.2, 0) is 9.59 Å². The Morgan fingerprint density at radius 2 is 2.23 bits per heavy atom. The predicted octanol–water partition coefficient (Wildman–Crippen LogP) is 0.958. The van der Waals surface area contributed by atoms with Crippen LogP contribution in [0.5, 0.6) is 0 Å². The Hall–Kier alpha value is -1.12. The van der Waals surface area contributed by atoms with E-state index in [2.05, 4.69) is 12.2 Å². The van der Waals surface area contributed by atoms with Gasteiger partial charge in [0.25, 0.3) is 0 Å². The smallest absolute Gasteiger partial charge is 0.233 e. The molecule has 1 fully saturated rings. The van der Waals surface area contributed by atoms with Gasteiger partial charge in [-0.1, -0.05) is 12.2 Å². The Morgan fingerprint density at radius 1 is 1.46 bits per heavy atom. The van der Waals surface area contributed by atoms with Gasteiger partial charge in [-0.15, -0.1) is 0 Å². The fraction of sp³-hybridized carbons (Fsp3) is 0.600. The molecule has 0 N–H and O–H groups in total. The first-order chi connectivity index (χ1) is 6.20. The van der Waals surface area contributed by atoms with Crippen molar-refractivity contribution in [2.45, 2.75) is 19.3 Å². The summed E-state index contributed by atoms with van der Waals surface area (Å²) in [5.74, 6) is 0.203. The maximum absolute atomic E-state index is 11.6. The van der Waals surface area contributed by atoms with Crippen molar-refractivity contribution in [1.29, 1.82) is 0 Å². The number of hydrogen-bond donors (Lipinski definition) is 0. The van der Waals surface area contributed by atoms with Gasteiger partial charge in [0, 0.05) is 13.5 Å². The summed E-state index contributed by atoms with van der Waals surface area (Å²) < 4.78 is 0. The van der Waals surface area contributed by atoms with Crippen LogP contribution in [0.15, 0.2) is 12.2 Å². The van der Waals surface area contributed by atoms with Crippen LogP contribution in [0.25, 0.3) is 0 Å². The normalized spacial score (nSPS) is 33.5. The van der Waals surface area contributed by atoms with E-state index in [1.807, 2.05) is 0 Å². The molecule has 1 heterocycles. The molecule has 2 aliphatic rings. The zero-order valence-corrected chi connectivity index (χ0v) is 7.69. The number of carbonyl (C=O) groups is 2. The van der Waals surface area contributed by atoms with Crippen molar-refractivity contribution >= 4 is 11.8 Å². The van der Waals surface area contributed by atoms with E-state index >= 15 is 0 Å². The number of imide groups is 1. The Morgan fingerprint density at radius 3 is 2.69 bits per heavy atom. The first kappa shape index (κ1) is 8.48. The summed E-state index contributed by atoms with van der Waals surface area (Å²) in [6.45, 7) is 0. The van der Waals surface area contributed by atoms with Crippen LogP contribution in [0.3, 0.4) is 0 Å². The summed E-state index contributed by atoms with van der Waals surface area (Å²) in [5.41, 5.74) is 0. The lowest BCUT2D eigenvalue weighted by molar-refractivity contribution is -0.137. The van der Waals surface area contributed by atoms with E-state index < -0.39 is 0 Å². The molecule has 0 aromatic rings. The van der Waals surface area contributed by atoms with Gasteiger partial charge in [-0.3, -0.25) is 14.5 Å². The van der Waals surface area contributed by atoms with Gasteiger partial charge in [-0.25, -0.2) is 0 Å². The summed E-state index contributed by atoms with van der Waals surface area (Å²) in [6, 6.07) is 0. The minimum atomic E-state index is -0.0729. The largest absolute Gasteiger partial charge is 0.285 e. The number of carbonyl (C=O) groups excluding carboxylic acids is 2. The van der Waals surface area contributed by atoms with E-state index in [0.29, 0.717) is 12.3 Å². The molecule has 0 radical (unpaired) electrons. The van der Waals surface area contributed by atoms with E-state index in [0.717, 1.165) is 12.8 Å². The number of rotatable bonds is 1. The van der Waals surface area contributed by atoms with Gasteiger partial charge in [0.2, 0.25) is 11.8 Å². The second-order valence-corrected chi connectivity index (χ2v) is 3.77. The number of hydrogen-bond acceptors (Lipinski definition) is 2. The summed E-state index contributed by atoms with van der Waals surface area (Å²) in [4.78, 5) is 24.1. The van der Waals surface area contributed by atoms with Gasteiger partial charge in [0.05, 0.1) is 5.92 Å². The highest BCUT2D eigenvalue weighted by Gasteiger charge is 2.40. The van der Waals surface area contributed by atoms with Crippen LogP contribution in [0, 0.1) is 11.8 Å². The topological polar surface area (TPSA) is 37.4 Å². The van der Waals surface area contributed by atoms with Gasteiger partial charge < -0.3 is 0 Å². The summed E-state index contributed by atoms with van der Waals surface area (Å²) >= 11 is 0. The lowest BCUT2D eigenvalue weighted by Crippen LogP contribution is -2.27.